The fraction of sp³-hybridized carbons (Fsp3) is 0.333. The highest BCUT2D eigenvalue weighted by Gasteiger charge is 2.16. The molecule has 0 aliphatic carbocycles. The van der Waals surface area contributed by atoms with Crippen molar-refractivity contribution in [2.75, 3.05) is 13.2 Å². The normalized spacial score (nSPS) is 15.1. The Morgan fingerprint density at radius 1 is 1.21 bits per heavy atom. The van der Waals surface area contributed by atoms with Crippen LogP contribution in [0.4, 0.5) is 0 Å². The highest BCUT2D eigenvalue weighted by atomic mass is 16.5. The molecule has 0 bridgehead atoms. The van der Waals surface area contributed by atoms with Gasteiger partial charge in [-0.05, 0) is 12.1 Å². The van der Waals surface area contributed by atoms with Gasteiger partial charge in [0.25, 0.3) is 0 Å². The minimum Gasteiger partial charge on any atom is -0.490 e. The molecule has 1 saturated heterocycles. The third-order valence-corrected chi connectivity index (χ3v) is 2.92. The van der Waals surface area contributed by atoms with Gasteiger partial charge < -0.3 is 9.47 Å². The minimum absolute atomic E-state index is 0.0722. The number of ether oxygens (including phenoxy) is 2. The van der Waals surface area contributed by atoms with E-state index in [1.807, 2.05) is 36.4 Å². The van der Waals surface area contributed by atoms with Crippen LogP contribution in [0.1, 0.15) is 18.4 Å². The first-order chi connectivity index (χ1) is 9.33. The molecule has 0 saturated carbocycles. The number of hydrogen-bond acceptors (Lipinski definition) is 4. The molecule has 4 nitrogen and oxygen atoms in total. The highest BCUT2D eigenvalue weighted by molar-refractivity contribution is 5.66. The first kappa shape index (κ1) is 13.1. The third-order valence-electron chi connectivity index (χ3n) is 2.92. The summed E-state index contributed by atoms with van der Waals surface area (Å²) >= 11 is 0. The predicted octanol–water partition coefficient (Wildman–Crippen LogP) is 2.67. The molecule has 4 heteroatoms. The lowest BCUT2D eigenvalue weighted by Crippen LogP contribution is -2.26. The van der Waals surface area contributed by atoms with Gasteiger partial charge in [0.2, 0.25) is 0 Å². The molecule has 1 aromatic rings. The SMILES string of the molecule is N#CC(C#N)=Cc1ccccc1OC1CCOCC1. The van der Waals surface area contributed by atoms with Gasteiger partial charge in [0.1, 0.15) is 29.6 Å². The zero-order chi connectivity index (χ0) is 13.5. The fourth-order valence-corrected chi connectivity index (χ4v) is 1.93. The predicted molar refractivity (Wildman–Crippen MR) is 70.1 cm³/mol. The number of allylic oxidation sites excluding steroid dienone is 1. The molecule has 1 aliphatic heterocycles. The standard InChI is InChI=1S/C15H14N2O2/c16-10-12(11-17)9-13-3-1-2-4-15(13)19-14-5-7-18-8-6-14/h1-4,9,14H,5-8H2. The number of rotatable bonds is 3. The maximum atomic E-state index is 8.80. The second-order valence-corrected chi connectivity index (χ2v) is 4.25. The summed E-state index contributed by atoms with van der Waals surface area (Å²) in [4.78, 5) is 0. The van der Waals surface area contributed by atoms with Gasteiger partial charge in [-0.15, -0.1) is 0 Å². The Balaban J connectivity index is 2.19. The average Bonchev–Trinajstić information content (AvgIpc) is 2.47. The quantitative estimate of drug-likeness (QED) is 0.778. The van der Waals surface area contributed by atoms with Crippen molar-refractivity contribution in [3.8, 4) is 17.9 Å². The van der Waals surface area contributed by atoms with Crippen molar-refractivity contribution in [1.82, 2.24) is 0 Å². The zero-order valence-corrected chi connectivity index (χ0v) is 10.5. The van der Waals surface area contributed by atoms with E-state index >= 15 is 0 Å². The van der Waals surface area contributed by atoms with Crippen LogP contribution in [0.5, 0.6) is 5.75 Å². The van der Waals surface area contributed by atoms with E-state index in [-0.39, 0.29) is 11.7 Å². The Bertz CT molecular complexity index is 530. The van der Waals surface area contributed by atoms with E-state index in [9.17, 15) is 0 Å². The average molecular weight is 254 g/mol. The second kappa shape index (κ2) is 6.58. The van der Waals surface area contributed by atoms with E-state index < -0.39 is 0 Å². The second-order valence-electron chi connectivity index (χ2n) is 4.25. The maximum Gasteiger partial charge on any atom is 0.130 e. The van der Waals surface area contributed by atoms with Gasteiger partial charge in [-0.1, -0.05) is 18.2 Å². The van der Waals surface area contributed by atoms with Crippen molar-refractivity contribution >= 4 is 6.08 Å². The smallest absolute Gasteiger partial charge is 0.130 e. The number of hydrogen-bond donors (Lipinski definition) is 0. The van der Waals surface area contributed by atoms with Gasteiger partial charge in [-0.3, -0.25) is 0 Å². The van der Waals surface area contributed by atoms with Gasteiger partial charge in [0, 0.05) is 18.4 Å². The molecule has 0 radical (unpaired) electrons. The van der Waals surface area contributed by atoms with Crippen LogP contribution in [0.3, 0.4) is 0 Å². The minimum atomic E-state index is 0.0722. The van der Waals surface area contributed by atoms with Crippen molar-refractivity contribution in [2.45, 2.75) is 18.9 Å². The molecule has 0 unspecified atom stereocenters. The van der Waals surface area contributed by atoms with Crippen LogP contribution < -0.4 is 4.74 Å². The summed E-state index contributed by atoms with van der Waals surface area (Å²) in [7, 11) is 0. The molecular weight excluding hydrogens is 240 g/mol. The number of para-hydroxylation sites is 1. The maximum absolute atomic E-state index is 8.80. The van der Waals surface area contributed by atoms with Gasteiger partial charge in [0.15, 0.2) is 0 Å². The Kier molecular flexibility index (Phi) is 4.55. The molecule has 0 N–H and O–H groups in total. The lowest BCUT2D eigenvalue weighted by Gasteiger charge is -2.24. The first-order valence-electron chi connectivity index (χ1n) is 6.19. The van der Waals surface area contributed by atoms with Crippen LogP contribution in [-0.4, -0.2) is 19.3 Å². The summed E-state index contributed by atoms with van der Waals surface area (Å²) in [5, 5.41) is 17.6. The van der Waals surface area contributed by atoms with E-state index in [1.165, 1.54) is 0 Å². The van der Waals surface area contributed by atoms with Gasteiger partial charge in [0.05, 0.1) is 13.2 Å². The van der Waals surface area contributed by atoms with Crippen molar-refractivity contribution in [1.29, 1.82) is 10.5 Å². The van der Waals surface area contributed by atoms with Crippen LogP contribution in [-0.2, 0) is 4.74 Å². The molecule has 1 aromatic carbocycles. The molecule has 96 valence electrons. The van der Waals surface area contributed by atoms with Crippen molar-refractivity contribution in [3.63, 3.8) is 0 Å². The summed E-state index contributed by atoms with van der Waals surface area (Å²) in [5.41, 5.74) is 0.829. The van der Waals surface area contributed by atoms with Gasteiger partial charge >= 0.3 is 0 Å². The number of nitrogens with zero attached hydrogens (tertiary/aromatic N) is 2. The van der Waals surface area contributed by atoms with E-state index in [1.54, 1.807) is 6.08 Å². The molecule has 19 heavy (non-hydrogen) atoms. The fourth-order valence-electron chi connectivity index (χ4n) is 1.93. The van der Waals surface area contributed by atoms with Crippen LogP contribution in [0, 0.1) is 22.7 Å². The molecule has 0 spiro atoms. The van der Waals surface area contributed by atoms with E-state index in [4.69, 9.17) is 20.0 Å². The van der Waals surface area contributed by atoms with Crippen LogP contribution in [0.15, 0.2) is 29.8 Å². The van der Waals surface area contributed by atoms with Crippen LogP contribution in [0.2, 0.25) is 0 Å². The zero-order valence-electron chi connectivity index (χ0n) is 10.5. The molecule has 0 aromatic heterocycles. The van der Waals surface area contributed by atoms with Crippen molar-refractivity contribution < 1.29 is 9.47 Å². The first-order valence-corrected chi connectivity index (χ1v) is 6.19. The Hall–Kier alpha value is -2.30. The monoisotopic (exact) mass is 254 g/mol. The topological polar surface area (TPSA) is 66.0 Å². The summed E-state index contributed by atoms with van der Waals surface area (Å²) in [5.74, 6) is 0.706. The number of nitriles is 2. The molecule has 0 atom stereocenters. The summed E-state index contributed by atoms with van der Waals surface area (Å²) < 4.78 is 11.2. The Labute approximate surface area is 112 Å². The van der Waals surface area contributed by atoms with Gasteiger partial charge in [-0.2, -0.15) is 10.5 Å². The summed E-state index contributed by atoms with van der Waals surface area (Å²) in [6, 6.07) is 11.1. The lowest BCUT2D eigenvalue weighted by molar-refractivity contribution is 0.0255. The molecule has 1 fully saturated rings. The number of benzene rings is 1. The third kappa shape index (κ3) is 3.58. The lowest BCUT2D eigenvalue weighted by atomic mass is 10.1. The van der Waals surface area contributed by atoms with Crippen LogP contribution >= 0.6 is 0 Å². The van der Waals surface area contributed by atoms with E-state index in [0.29, 0.717) is 19.0 Å². The Morgan fingerprint density at radius 3 is 2.58 bits per heavy atom. The largest absolute Gasteiger partial charge is 0.490 e. The molecule has 1 heterocycles. The molecular formula is C15H14N2O2. The summed E-state index contributed by atoms with van der Waals surface area (Å²) in [6.45, 7) is 1.43. The van der Waals surface area contributed by atoms with E-state index in [2.05, 4.69) is 0 Å². The summed E-state index contributed by atoms with van der Waals surface area (Å²) in [6.07, 6.45) is 3.41. The highest BCUT2D eigenvalue weighted by Crippen LogP contribution is 2.24. The van der Waals surface area contributed by atoms with E-state index in [0.717, 1.165) is 18.4 Å². The molecule has 1 aliphatic rings. The van der Waals surface area contributed by atoms with Crippen molar-refractivity contribution in [3.05, 3.63) is 35.4 Å². The van der Waals surface area contributed by atoms with Gasteiger partial charge in [-0.25, -0.2) is 0 Å². The molecule has 0 amide bonds. The molecule has 2 rings (SSSR count). The van der Waals surface area contributed by atoms with Crippen LogP contribution in [0.25, 0.3) is 6.08 Å². The Morgan fingerprint density at radius 2 is 1.89 bits per heavy atom. The van der Waals surface area contributed by atoms with Crippen molar-refractivity contribution in [2.24, 2.45) is 0 Å².